The molecule has 1 aliphatic rings. The van der Waals surface area contributed by atoms with Crippen molar-refractivity contribution in [3.63, 3.8) is 0 Å². The normalized spacial score (nSPS) is 17.2. The van der Waals surface area contributed by atoms with E-state index in [0.29, 0.717) is 12.2 Å². The second-order valence-corrected chi connectivity index (χ2v) is 8.22. The van der Waals surface area contributed by atoms with Crippen LogP contribution in [0.25, 0.3) is 10.9 Å². The molecule has 3 aromatic carbocycles. The van der Waals surface area contributed by atoms with Crippen molar-refractivity contribution in [2.75, 3.05) is 6.61 Å². The first-order valence-electron chi connectivity index (χ1n) is 11.0. The number of aliphatic hydroxyl groups is 1. The largest absolute Gasteiger partial charge is 0.483 e. The molecular formula is C26H24F2N2O3. The van der Waals surface area contributed by atoms with Crippen LogP contribution in [0.1, 0.15) is 48.3 Å². The van der Waals surface area contributed by atoms with Crippen LogP contribution in [0.15, 0.2) is 66.9 Å². The molecule has 170 valence electrons. The van der Waals surface area contributed by atoms with Gasteiger partial charge in [0.2, 0.25) is 0 Å². The standard InChI is InChI=1S/C26H24F2N2O3/c27-21-13-19(14-22(28)26(21)33-16-17-6-2-1-3-7-17)25(31)18-9-10-23-20(12-18)15-29-30(23)24-8-4-5-11-32-24/h1-3,6-7,9-10,12-15,24-25,31H,4-5,8,11,16H2. The van der Waals surface area contributed by atoms with Crippen molar-refractivity contribution in [1.82, 2.24) is 9.78 Å². The van der Waals surface area contributed by atoms with Gasteiger partial charge in [-0.2, -0.15) is 5.10 Å². The fourth-order valence-corrected chi connectivity index (χ4v) is 4.19. The molecule has 2 atom stereocenters. The van der Waals surface area contributed by atoms with E-state index < -0.39 is 23.5 Å². The summed E-state index contributed by atoms with van der Waals surface area (Å²) in [6, 6.07) is 16.7. The van der Waals surface area contributed by atoms with E-state index in [0.717, 1.165) is 47.9 Å². The van der Waals surface area contributed by atoms with Crippen LogP contribution in [0.4, 0.5) is 8.78 Å². The maximum absolute atomic E-state index is 14.6. The quantitative estimate of drug-likeness (QED) is 0.411. The number of hydrogen-bond acceptors (Lipinski definition) is 4. The highest BCUT2D eigenvalue weighted by Gasteiger charge is 2.21. The molecule has 1 aliphatic heterocycles. The Hall–Kier alpha value is -3.29. The average molecular weight is 450 g/mol. The Morgan fingerprint density at radius 2 is 1.82 bits per heavy atom. The third kappa shape index (κ3) is 4.47. The van der Waals surface area contributed by atoms with Crippen LogP contribution in [-0.2, 0) is 11.3 Å². The van der Waals surface area contributed by atoms with E-state index in [1.807, 2.05) is 41.1 Å². The van der Waals surface area contributed by atoms with Gasteiger partial charge in [-0.25, -0.2) is 13.5 Å². The molecule has 1 saturated heterocycles. The molecule has 1 N–H and O–H groups in total. The number of benzene rings is 3. The Balaban J connectivity index is 1.36. The number of aliphatic hydroxyl groups excluding tert-OH is 1. The molecule has 0 bridgehead atoms. The first kappa shape index (κ1) is 21.6. The number of rotatable bonds is 6. The Kier molecular flexibility index (Phi) is 6.07. The lowest BCUT2D eigenvalue weighted by Gasteiger charge is -2.23. The van der Waals surface area contributed by atoms with Gasteiger partial charge in [0.25, 0.3) is 0 Å². The predicted molar refractivity (Wildman–Crippen MR) is 120 cm³/mol. The molecule has 0 aliphatic carbocycles. The molecule has 7 heteroatoms. The Morgan fingerprint density at radius 1 is 1.03 bits per heavy atom. The maximum Gasteiger partial charge on any atom is 0.191 e. The minimum absolute atomic E-state index is 0.0436. The maximum atomic E-state index is 14.6. The SMILES string of the molecule is OC(c1cc(F)c(OCc2ccccc2)c(F)c1)c1ccc2c(cnn2C2CCCCO2)c1. The molecule has 2 unspecified atom stereocenters. The molecule has 5 rings (SSSR count). The molecule has 0 spiro atoms. The zero-order valence-corrected chi connectivity index (χ0v) is 18.0. The molecule has 0 amide bonds. The second kappa shape index (κ2) is 9.29. The molecule has 1 fully saturated rings. The lowest BCUT2D eigenvalue weighted by molar-refractivity contribution is -0.0366. The molecule has 4 aromatic rings. The first-order chi connectivity index (χ1) is 16.1. The summed E-state index contributed by atoms with van der Waals surface area (Å²) < 4.78 is 42.3. The van der Waals surface area contributed by atoms with Gasteiger partial charge in [-0.1, -0.05) is 36.4 Å². The molecule has 0 radical (unpaired) electrons. The fourth-order valence-electron chi connectivity index (χ4n) is 4.19. The molecule has 1 aromatic heterocycles. The summed E-state index contributed by atoms with van der Waals surface area (Å²) in [7, 11) is 0. The summed E-state index contributed by atoms with van der Waals surface area (Å²) >= 11 is 0. The van der Waals surface area contributed by atoms with Gasteiger partial charge in [0.15, 0.2) is 23.6 Å². The van der Waals surface area contributed by atoms with Gasteiger partial charge in [-0.05, 0) is 60.2 Å². The number of ether oxygens (including phenoxy) is 2. The lowest BCUT2D eigenvalue weighted by atomic mass is 10.00. The summed E-state index contributed by atoms with van der Waals surface area (Å²) in [5.74, 6) is -2.18. The van der Waals surface area contributed by atoms with Crippen molar-refractivity contribution in [2.45, 2.75) is 38.2 Å². The summed E-state index contributed by atoms with van der Waals surface area (Å²) in [4.78, 5) is 0. The number of fused-ring (bicyclic) bond motifs is 1. The molecule has 0 saturated carbocycles. The van der Waals surface area contributed by atoms with Crippen molar-refractivity contribution in [3.05, 3.63) is 95.2 Å². The van der Waals surface area contributed by atoms with Gasteiger partial charge < -0.3 is 14.6 Å². The summed E-state index contributed by atoms with van der Waals surface area (Å²) in [5, 5.41) is 16.1. The molecule has 2 heterocycles. The summed E-state index contributed by atoms with van der Waals surface area (Å²) in [6.45, 7) is 0.757. The number of nitrogens with zero attached hydrogens (tertiary/aromatic N) is 2. The van der Waals surface area contributed by atoms with Gasteiger partial charge in [0.1, 0.15) is 12.7 Å². The van der Waals surface area contributed by atoms with Crippen LogP contribution >= 0.6 is 0 Å². The van der Waals surface area contributed by atoms with Crippen molar-refractivity contribution in [1.29, 1.82) is 0 Å². The van der Waals surface area contributed by atoms with Gasteiger partial charge in [0, 0.05) is 12.0 Å². The number of halogens is 2. The summed E-state index contributed by atoms with van der Waals surface area (Å²) in [6.07, 6.45) is 3.46. The van der Waals surface area contributed by atoms with Gasteiger partial charge in [-0.15, -0.1) is 0 Å². The minimum Gasteiger partial charge on any atom is -0.483 e. The van der Waals surface area contributed by atoms with Gasteiger partial charge in [-0.3, -0.25) is 0 Å². The van der Waals surface area contributed by atoms with Crippen LogP contribution < -0.4 is 4.74 Å². The van der Waals surface area contributed by atoms with E-state index in [2.05, 4.69) is 5.10 Å². The predicted octanol–water partition coefficient (Wildman–Crippen LogP) is 5.67. The topological polar surface area (TPSA) is 56.5 Å². The van der Waals surface area contributed by atoms with Crippen LogP contribution in [0, 0.1) is 11.6 Å². The van der Waals surface area contributed by atoms with E-state index >= 15 is 0 Å². The van der Waals surface area contributed by atoms with Crippen LogP contribution in [-0.4, -0.2) is 21.5 Å². The van der Waals surface area contributed by atoms with Gasteiger partial charge >= 0.3 is 0 Å². The second-order valence-electron chi connectivity index (χ2n) is 8.22. The van der Waals surface area contributed by atoms with Crippen LogP contribution in [0.5, 0.6) is 5.75 Å². The zero-order valence-electron chi connectivity index (χ0n) is 18.0. The van der Waals surface area contributed by atoms with Crippen molar-refractivity contribution < 1.29 is 23.4 Å². The monoisotopic (exact) mass is 450 g/mol. The van der Waals surface area contributed by atoms with Crippen LogP contribution in [0.2, 0.25) is 0 Å². The van der Waals surface area contributed by atoms with Crippen molar-refractivity contribution >= 4 is 10.9 Å². The highest BCUT2D eigenvalue weighted by atomic mass is 19.1. The van der Waals surface area contributed by atoms with Crippen molar-refractivity contribution in [2.24, 2.45) is 0 Å². The molecular weight excluding hydrogens is 426 g/mol. The fraction of sp³-hybridized carbons (Fsp3) is 0.269. The van der Waals surface area contributed by atoms with E-state index in [-0.39, 0.29) is 18.4 Å². The van der Waals surface area contributed by atoms with E-state index in [1.54, 1.807) is 18.3 Å². The third-order valence-electron chi connectivity index (χ3n) is 5.93. The van der Waals surface area contributed by atoms with Crippen molar-refractivity contribution in [3.8, 4) is 5.75 Å². The highest BCUT2D eigenvalue weighted by molar-refractivity contribution is 5.79. The molecule has 5 nitrogen and oxygen atoms in total. The highest BCUT2D eigenvalue weighted by Crippen LogP contribution is 2.32. The Labute approximate surface area is 190 Å². The average Bonchev–Trinajstić information content (AvgIpc) is 3.27. The Morgan fingerprint density at radius 3 is 2.55 bits per heavy atom. The first-order valence-corrected chi connectivity index (χ1v) is 11.0. The van der Waals surface area contributed by atoms with Crippen LogP contribution in [0.3, 0.4) is 0 Å². The molecule has 33 heavy (non-hydrogen) atoms. The van der Waals surface area contributed by atoms with Gasteiger partial charge in [0.05, 0.1) is 11.7 Å². The smallest absolute Gasteiger partial charge is 0.191 e. The number of aromatic nitrogens is 2. The number of hydrogen-bond donors (Lipinski definition) is 1. The zero-order chi connectivity index (χ0) is 22.8. The lowest BCUT2D eigenvalue weighted by Crippen LogP contribution is -2.18. The third-order valence-corrected chi connectivity index (χ3v) is 5.93. The van der Waals surface area contributed by atoms with E-state index in [9.17, 15) is 13.9 Å². The summed E-state index contributed by atoms with van der Waals surface area (Å²) in [5.41, 5.74) is 2.32. The van der Waals surface area contributed by atoms with E-state index in [4.69, 9.17) is 9.47 Å². The minimum atomic E-state index is -1.20. The van der Waals surface area contributed by atoms with E-state index in [1.165, 1.54) is 0 Å². The Bertz CT molecular complexity index is 1230.